The second-order valence-electron chi connectivity index (χ2n) is 0.927. The maximum Gasteiger partial charge on any atom is 0.175 e. The first kappa shape index (κ1) is 8.74. The Balaban J connectivity index is 0.000000490. The quantitative estimate of drug-likeness (QED) is 0.555. The van der Waals surface area contributed by atoms with Gasteiger partial charge in [-0.1, -0.05) is 11.3 Å². The van der Waals surface area contributed by atoms with Crippen LogP contribution in [-0.4, -0.2) is 10.2 Å². The Hall–Kier alpha value is 0.740. The SMILES string of the molecule is S=c1[nH][nH]c(=S)s1.[Au]. The molecule has 1 aromatic heterocycles. The molecule has 1 heterocycles. The molecule has 2 N–H and O–H groups in total. The topological polar surface area (TPSA) is 31.6 Å². The number of aromatic nitrogens is 2. The molecule has 0 amide bonds. The Kier molecular flexibility index (Phi) is 4.05. The summed E-state index contributed by atoms with van der Waals surface area (Å²) in [6, 6.07) is 0. The molecule has 49 valence electrons. The minimum atomic E-state index is 0. The van der Waals surface area contributed by atoms with E-state index in [9.17, 15) is 0 Å². The minimum absolute atomic E-state index is 0. The number of H-pyrrole nitrogens is 2. The molecule has 0 aliphatic carbocycles. The maximum atomic E-state index is 4.70. The van der Waals surface area contributed by atoms with Crippen molar-refractivity contribution in [2.24, 2.45) is 0 Å². The molecule has 6 heteroatoms. The van der Waals surface area contributed by atoms with Gasteiger partial charge in [-0.2, -0.15) is 0 Å². The van der Waals surface area contributed by atoms with E-state index in [0.29, 0.717) is 7.91 Å². The van der Waals surface area contributed by atoms with E-state index in [-0.39, 0.29) is 22.4 Å². The van der Waals surface area contributed by atoms with Gasteiger partial charge in [0.25, 0.3) is 0 Å². The number of rotatable bonds is 0. The summed E-state index contributed by atoms with van der Waals surface area (Å²) in [5.74, 6) is 0. The molecule has 0 aliphatic heterocycles. The van der Waals surface area contributed by atoms with Gasteiger partial charge in [0.05, 0.1) is 0 Å². The van der Waals surface area contributed by atoms with Crippen molar-refractivity contribution in [3.8, 4) is 0 Å². The molecule has 1 radical (unpaired) electrons. The van der Waals surface area contributed by atoms with Crippen molar-refractivity contribution in [2.45, 2.75) is 0 Å². The molecule has 1 rings (SSSR count). The summed E-state index contributed by atoms with van der Waals surface area (Å²) >= 11 is 10.8. The van der Waals surface area contributed by atoms with Gasteiger partial charge in [0, 0.05) is 22.4 Å². The van der Waals surface area contributed by atoms with Gasteiger partial charge in [0.2, 0.25) is 0 Å². The summed E-state index contributed by atoms with van der Waals surface area (Å²) in [4.78, 5) is 0. The van der Waals surface area contributed by atoms with Crippen LogP contribution in [0.3, 0.4) is 0 Å². The van der Waals surface area contributed by atoms with E-state index in [1.807, 2.05) is 0 Å². The number of nitrogens with one attached hydrogen (secondary N) is 2. The molecule has 0 saturated heterocycles. The van der Waals surface area contributed by atoms with Gasteiger partial charge in [0.1, 0.15) is 0 Å². The van der Waals surface area contributed by atoms with E-state index in [4.69, 9.17) is 24.4 Å². The van der Waals surface area contributed by atoms with Gasteiger partial charge in [-0.05, 0) is 24.4 Å². The van der Waals surface area contributed by atoms with Crippen LogP contribution in [0.1, 0.15) is 0 Å². The van der Waals surface area contributed by atoms with Crippen LogP contribution in [0.4, 0.5) is 0 Å². The molecular formula is C2H2AuN2S3. The van der Waals surface area contributed by atoms with Gasteiger partial charge < -0.3 is 0 Å². The van der Waals surface area contributed by atoms with Crippen LogP contribution >= 0.6 is 35.8 Å². The summed E-state index contributed by atoms with van der Waals surface area (Å²) in [6.07, 6.45) is 0. The first-order chi connectivity index (χ1) is 3.29. The molecular weight excluding hydrogens is 345 g/mol. The summed E-state index contributed by atoms with van der Waals surface area (Å²) in [7, 11) is 0. The molecule has 1 aromatic rings. The Morgan fingerprint density at radius 2 is 1.50 bits per heavy atom. The molecule has 0 aromatic carbocycles. The van der Waals surface area contributed by atoms with E-state index in [0.717, 1.165) is 0 Å². The summed E-state index contributed by atoms with van der Waals surface area (Å²) in [5, 5.41) is 5.34. The molecule has 2 nitrogen and oxygen atoms in total. The van der Waals surface area contributed by atoms with Crippen LogP contribution < -0.4 is 0 Å². The Bertz CT molecular complexity index is 220. The average Bonchev–Trinajstić information content (AvgIpc) is 1.87. The van der Waals surface area contributed by atoms with Crippen molar-refractivity contribution in [1.82, 2.24) is 10.2 Å². The zero-order valence-corrected chi connectivity index (χ0v) is 8.14. The second-order valence-corrected chi connectivity index (χ2v) is 3.28. The molecule has 0 bridgehead atoms. The van der Waals surface area contributed by atoms with Crippen LogP contribution in [0.5, 0.6) is 0 Å². The summed E-state index contributed by atoms with van der Waals surface area (Å²) < 4.78 is 1.40. The predicted octanol–water partition coefficient (Wildman–Crippen LogP) is 1.86. The van der Waals surface area contributed by atoms with Crippen molar-refractivity contribution in [2.75, 3.05) is 0 Å². The van der Waals surface area contributed by atoms with Gasteiger partial charge in [0.15, 0.2) is 7.91 Å². The van der Waals surface area contributed by atoms with Gasteiger partial charge in [-0.15, -0.1) is 0 Å². The largest absolute Gasteiger partial charge is 0.281 e. The van der Waals surface area contributed by atoms with Crippen molar-refractivity contribution in [1.29, 1.82) is 0 Å². The predicted molar refractivity (Wildman–Crippen MR) is 34.7 cm³/mol. The maximum absolute atomic E-state index is 4.70. The Labute approximate surface area is 75.8 Å². The molecule has 0 aliphatic rings. The van der Waals surface area contributed by atoms with Crippen molar-refractivity contribution in [3.63, 3.8) is 0 Å². The van der Waals surface area contributed by atoms with Crippen molar-refractivity contribution >= 4 is 35.8 Å². The Morgan fingerprint density at radius 3 is 1.62 bits per heavy atom. The normalized spacial score (nSPS) is 8.00. The van der Waals surface area contributed by atoms with Crippen molar-refractivity contribution in [3.05, 3.63) is 7.91 Å². The first-order valence-electron chi connectivity index (χ1n) is 1.57. The van der Waals surface area contributed by atoms with Gasteiger partial charge in [-0.3, -0.25) is 10.2 Å². The third-order valence-corrected chi connectivity index (χ3v) is 1.73. The minimum Gasteiger partial charge on any atom is -0.281 e. The summed E-state index contributed by atoms with van der Waals surface area (Å²) in [6.45, 7) is 0. The smallest absolute Gasteiger partial charge is 0.175 e. The number of aromatic amines is 2. The second kappa shape index (κ2) is 3.71. The van der Waals surface area contributed by atoms with Gasteiger partial charge >= 0.3 is 0 Å². The molecule has 0 unspecified atom stereocenters. The molecule has 0 spiro atoms. The van der Waals surface area contributed by atoms with Crippen LogP contribution in [0.2, 0.25) is 0 Å². The van der Waals surface area contributed by atoms with Gasteiger partial charge in [-0.25, -0.2) is 0 Å². The van der Waals surface area contributed by atoms with Crippen molar-refractivity contribution < 1.29 is 22.4 Å². The fraction of sp³-hybridized carbons (Fsp3) is 0. The zero-order chi connectivity index (χ0) is 5.28. The molecule has 0 saturated carbocycles. The molecule has 0 fully saturated rings. The average molecular weight is 347 g/mol. The fourth-order valence-corrected chi connectivity index (χ4v) is 1.37. The molecule has 0 atom stereocenters. The van der Waals surface area contributed by atoms with E-state index in [1.54, 1.807) is 0 Å². The van der Waals surface area contributed by atoms with Crippen LogP contribution in [0, 0.1) is 7.91 Å². The number of hydrogen-bond acceptors (Lipinski definition) is 3. The fourth-order valence-electron chi connectivity index (χ4n) is 0.237. The van der Waals surface area contributed by atoms with E-state index < -0.39 is 0 Å². The third-order valence-electron chi connectivity index (χ3n) is 0.452. The monoisotopic (exact) mass is 347 g/mol. The van der Waals surface area contributed by atoms with E-state index in [2.05, 4.69) is 10.2 Å². The Morgan fingerprint density at radius 1 is 1.12 bits per heavy atom. The van der Waals surface area contributed by atoms with Crippen LogP contribution in [-0.2, 0) is 22.4 Å². The zero-order valence-electron chi connectivity index (χ0n) is 3.53. The van der Waals surface area contributed by atoms with E-state index >= 15 is 0 Å². The van der Waals surface area contributed by atoms with E-state index in [1.165, 1.54) is 11.3 Å². The van der Waals surface area contributed by atoms with Crippen LogP contribution in [0.25, 0.3) is 0 Å². The van der Waals surface area contributed by atoms with Crippen LogP contribution in [0.15, 0.2) is 0 Å². The number of hydrogen-bond donors (Lipinski definition) is 2. The molecule has 8 heavy (non-hydrogen) atoms. The first-order valence-corrected chi connectivity index (χ1v) is 3.20. The third kappa shape index (κ3) is 2.34. The standard InChI is InChI=1S/C2H2N2S3.Au/c5-1-3-4-2(6)7-1;/h(H,3,5)(H,4,6);. The summed E-state index contributed by atoms with van der Waals surface area (Å²) in [5.41, 5.74) is 0.